The van der Waals surface area contributed by atoms with Crippen LogP contribution >= 0.6 is 0 Å². The van der Waals surface area contributed by atoms with Crippen molar-refractivity contribution in [2.24, 2.45) is 5.92 Å². The SMILES string of the molecule is COc1ccc(S(=O)(=O)N2CCC(C(=O)Nc3ccc(C)c(C)c3)CC2)cc1OC. The highest BCUT2D eigenvalue weighted by Crippen LogP contribution is 2.32. The number of sulfonamides is 1. The van der Waals surface area contributed by atoms with E-state index < -0.39 is 10.0 Å². The first-order valence-corrected chi connectivity index (χ1v) is 11.3. The van der Waals surface area contributed by atoms with Crippen molar-refractivity contribution in [2.75, 3.05) is 32.6 Å². The fourth-order valence-electron chi connectivity index (χ4n) is 3.55. The first-order chi connectivity index (χ1) is 14.3. The van der Waals surface area contributed by atoms with Crippen LogP contribution in [-0.4, -0.2) is 45.9 Å². The Morgan fingerprint density at radius 3 is 2.23 bits per heavy atom. The van der Waals surface area contributed by atoms with Crippen molar-refractivity contribution in [3.05, 3.63) is 47.5 Å². The molecular weight excluding hydrogens is 404 g/mol. The Morgan fingerprint density at radius 2 is 1.63 bits per heavy atom. The number of piperidine rings is 1. The highest BCUT2D eigenvalue weighted by atomic mass is 32.2. The maximum atomic E-state index is 13.0. The molecule has 0 atom stereocenters. The number of nitrogens with zero attached hydrogens (tertiary/aromatic N) is 1. The molecule has 8 heteroatoms. The predicted molar refractivity (Wildman–Crippen MR) is 116 cm³/mol. The van der Waals surface area contributed by atoms with Gasteiger partial charge in [0, 0.05) is 30.8 Å². The summed E-state index contributed by atoms with van der Waals surface area (Å²) >= 11 is 0. The minimum atomic E-state index is -3.67. The van der Waals surface area contributed by atoms with E-state index in [0.717, 1.165) is 11.3 Å². The second-order valence-electron chi connectivity index (χ2n) is 7.48. The van der Waals surface area contributed by atoms with E-state index in [2.05, 4.69) is 5.32 Å². The van der Waals surface area contributed by atoms with E-state index >= 15 is 0 Å². The molecule has 0 aromatic heterocycles. The quantitative estimate of drug-likeness (QED) is 0.757. The molecule has 0 radical (unpaired) electrons. The molecule has 0 saturated carbocycles. The summed E-state index contributed by atoms with van der Waals surface area (Å²) in [6.07, 6.45) is 0.951. The number of anilines is 1. The molecular formula is C22H28N2O5S. The Bertz CT molecular complexity index is 1030. The summed E-state index contributed by atoms with van der Waals surface area (Å²) in [5, 5.41) is 2.96. The van der Waals surface area contributed by atoms with Crippen LogP contribution in [0.1, 0.15) is 24.0 Å². The number of rotatable bonds is 6. The molecule has 0 bridgehead atoms. The molecule has 0 aliphatic carbocycles. The van der Waals surface area contributed by atoms with Crippen LogP contribution < -0.4 is 14.8 Å². The zero-order valence-corrected chi connectivity index (χ0v) is 18.6. The molecule has 1 heterocycles. The van der Waals surface area contributed by atoms with Crippen molar-refractivity contribution in [1.82, 2.24) is 4.31 Å². The zero-order chi connectivity index (χ0) is 21.9. The Morgan fingerprint density at radius 1 is 0.967 bits per heavy atom. The number of carbonyl (C=O) groups is 1. The lowest BCUT2D eigenvalue weighted by atomic mass is 9.97. The lowest BCUT2D eigenvalue weighted by molar-refractivity contribution is -0.120. The van der Waals surface area contributed by atoms with Gasteiger partial charge in [-0.3, -0.25) is 4.79 Å². The minimum absolute atomic E-state index is 0.0681. The van der Waals surface area contributed by atoms with Gasteiger partial charge in [-0.25, -0.2) is 8.42 Å². The van der Waals surface area contributed by atoms with Crippen molar-refractivity contribution >= 4 is 21.6 Å². The summed E-state index contributed by atoms with van der Waals surface area (Å²) < 4.78 is 37.9. The number of benzene rings is 2. The maximum Gasteiger partial charge on any atom is 0.243 e. The number of amides is 1. The summed E-state index contributed by atoms with van der Waals surface area (Å²) in [4.78, 5) is 12.8. The summed E-state index contributed by atoms with van der Waals surface area (Å²) in [7, 11) is -0.706. The lowest BCUT2D eigenvalue weighted by Crippen LogP contribution is -2.41. The Balaban J connectivity index is 1.65. The van der Waals surface area contributed by atoms with Crippen LogP contribution in [0.5, 0.6) is 11.5 Å². The molecule has 0 unspecified atom stereocenters. The summed E-state index contributed by atoms with van der Waals surface area (Å²) in [5.74, 6) is 0.546. The van der Waals surface area contributed by atoms with Gasteiger partial charge in [0.15, 0.2) is 11.5 Å². The summed E-state index contributed by atoms with van der Waals surface area (Å²) in [5.41, 5.74) is 3.05. The van der Waals surface area contributed by atoms with Gasteiger partial charge in [-0.2, -0.15) is 4.31 Å². The van der Waals surface area contributed by atoms with E-state index in [9.17, 15) is 13.2 Å². The van der Waals surface area contributed by atoms with Crippen LogP contribution in [0.3, 0.4) is 0 Å². The topological polar surface area (TPSA) is 84.9 Å². The predicted octanol–water partition coefficient (Wildman–Crippen LogP) is 3.36. The number of aryl methyl sites for hydroxylation is 2. The number of hydrogen-bond donors (Lipinski definition) is 1. The van der Waals surface area contributed by atoms with Crippen molar-refractivity contribution in [2.45, 2.75) is 31.6 Å². The van der Waals surface area contributed by atoms with Gasteiger partial charge < -0.3 is 14.8 Å². The van der Waals surface area contributed by atoms with E-state index in [1.54, 1.807) is 6.07 Å². The molecule has 7 nitrogen and oxygen atoms in total. The van der Waals surface area contributed by atoms with Gasteiger partial charge in [0.2, 0.25) is 15.9 Å². The number of carbonyl (C=O) groups excluding carboxylic acids is 1. The molecule has 3 rings (SSSR count). The van der Waals surface area contributed by atoms with Crippen LogP contribution in [0, 0.1) is 19.8 Å². The van der Waals surface area contributed by atoms with E-state index in [1.807, 2.05) is 32.0 Å². The third-order valence-electron chi connectivity index (χ3n) is 5.59. The standard InChI is InChI=1S/C22H28N2O5S/c1-15-5-6-18(13-16(15)2)23-22(25)17-9-11-24(12-10-17)30(26,27)19-7-8-20(28-3)21(14-19)29-4/h5-8,13-14,17H,9-12H2,1-4H3,(H,23,25). The molecule has 2 aromatic rings. The molecule has 1 N–H and O–H groups in total. The highest BCUT2D eigenvalue weighted by Gasteiger charge is 2.32. The van der Waals surface area contributed by atoms with Gasteiger partial charge in [-0.05, 0) is 62.1 Å². The molecule has 1 fully saturated rings. The Labute approximate surface area is 178 Å². The highest BCUT2D eigenvalue weighted by molar-refractivity contribution is 7.89. The monoisotopic (exact) mass is 432 g/mol. The smallest absolute Gasteiger partial charge is 0.243 e. The molecule has 0 spiro atoms. The maximum absolute atomic E-state index is 13.0. The van der Waals surface area contributed by atoms with Gasteiger partial charge in [0.1, 0.15) is 0 Å². The molecule has 1 amide bonds. The van der Waals surface area contributed by atoms with Crippen LogP contribution in [0.15, 0.2) is 41.3 Å². The molecule has 2 aromatic carbocycles. The molecule has 1 saturated heterocycles. The van der Waals surface area contributed by atoms with Gasteiger partial charge in [-0.15, -0.1) is 0 Å². The van der Waals surface area contributed by atoms with E-state index in [-0.39, 0.29) is 16.7 Å². The normalized spacial score (nSPS) is 15.6. The summed E-state index contributed by atoms with van der Waals surface area (Å²) in [6.45, 7) is 4.61. The third-order valence-corrected chi connectivity index (χ3v) is 7.49. The zero-order valence-electron chi connectivity index (χ0n) is 17.8. The largest absolute Gasteiger partial charge is 0.493 e. The van der Waals surface area contributed by atoms with E-state index in [0.29, 0.717) is 37.4 Å². The first-order valence-electron chi connectivity index (χ1n) is 9.86. The van der Waals surface area contributed by atoms with Crippen molar-refractivity contribution in [1.29, 1.82) is 0 Å². The third kappa shape index (κ3) is 4.60. The van der Waals surface area contributed by atoms with Gasteiger partial charge in [0.05, 0.1) is 19.1 Å². The average Bonchev–Trinajstić information content (AvgIpc) is 2.75. The number of hydrogen-bond acceptors (Lipinski definition) is 5. The van der Waals surface area contributed by atoms with Crippen molar-refractivity contribution < 1.29 is 22.7 Å². The van der Waals surface area contributed by atoms with Crippen molar-refractivity contribution in [3.63, 3.8) is 0 Å². The summed E-state index contributed by atoms with van der Waals surface area (Å²) in [6, 6.07) is 10.4. The van der Waals surface area contributed by atoms with Gasteiger partial charge in [0.25, 0.3) is 0 Å². The van der Waals surface area contributed by atoms with Gasteiger partial charge >= 0.3 is 0 Å². The van der Waals surface area contributed by atoms with Crippen LogP contribution in [0.25, 0.3) is 0 Å². The van der Waals surface area contributed by atoms with Crippen LogP contribution in [0.4, 0.5) is 5.69 Å². The average molecular weight is 433 g/mol. The first kappa shape index (κ1) is 22.1. The van der Waals surface area contributed by atoms with Crippen molar-refractivity contribution in [3.8, 4) is 11.5 Å². The molecule has 162 valence electrons. The lowest BCUT2D eigenvalue weighted by Gasteiger charge is -2.30. The molecule has 1 aliphatic heterocycles. The molecule has 1 aliphatic rings. The second-order valence-corrected chi connectivity index (χ2v) is 9.42. The van der Waals surface area contributed by atoms with Gasteiger partial charge in [-0.1, -0.05) is 6.07 Å². The van der Waals surface area contributed by atoms with Crippen LogP contribution in [-0.2, 0) is 14.8 Å². The Kier molecular flexibility index (Phi) is 6.67. The number of methoxy groups -OCH3 is 2. The Hall–Kier alpha value is -2.58. The van der Waals surface area contributed by atoms with E-state index in [4.69, 9.17) is 9.47 Å². The van der Waals surface area contributed by atoms with Crippen LogP contribution in [0.2, 0.25) is 0 Å². The fraction of sp³-hybridized carbons (Fsp3) is 0.409. The fourth-order valence-corrected chi connectivity index (χ4v) is 5.03. The number of ether oxygens (including phenoxy) is 2. The number of nitrogens with one attached hydrogen (secondary N) is 1. The minimum Gasteiger partial charge on any atom is -0.493 e. The second kappa shape index (κ2) is 9.06. The van der Waals surface area contributed by atoms with E-state index in [1.165, 1.54) is 36.2 Å². The molecule has 30 heavy (non-hydrogen) atoms.